The first-order valence-electron chi connectivity index (χ1n) is 11.5. The fraction of sp³-hybridized carbons (Fsp3) is 0.565. The van der Waals surface area contributed by atoms with Gasteiger partial charge in [-0.25, -0.2) is 14.3 Å². The molecule has 2 fully saturated rings. The number of nitrogens with one attached hydrogen (secondary N) is 1. The number of aromatic nitrogens is 1. The summed E-state index contributed by atoms with van der Waals surface area (Å²) in [6.07, 6.45) is 8.24. The fourth-order valence-corrected chi connectivity index (χ4v) is 8.62. The van der Waals surface area contributed by atoms with Crippen LogP contribution in [0, 0.1) is 12.8 Å². The number of amides is 1. The van der Waals surface area contributed by atoms with Gasteiger partial charge >= 0.3 is 0 Å². The quantitative estimate of drug-likeness (QED) is 0.507. The molecule has 0 radical (unpaired) electrons. The van der Waals surface area contributed by atoms with Gasteiger partial charge in [-0.15, -0.1) is 11.3 Å². The highest BCUT2D eigenvalue weighted by Gasteiger charge is 2.27. The van der Waals surface area contributed by atoms with Crippen molar-refractivity contribution in [2.24, 2.45) is 11.1 Å². The molecule has 2 aromatic rings. The van der Waals surface area contributed by atoms with Crippen LogP contribution < -0.4 is 10.5 Å². The minimum absolute atomic E-state index is 0.0174. The third kappa shape index (κ3) is 5.93. The Morgan fingerprint density at radius 3 is 2.56 bits per heavy atom. The van der Waals surface area contributed by atoms with E-state index in [9.17, 15) is 13.2 Å². The first-order valence-corrected chi connectivity index (χ1v) is 15.8. The first-order chi connectivity index (χ1) is 16.2. The third-order valence-electron chi connectivity index (χ3n) is 6.69. The number of hydrogen-bond acceptors (Lipinski definition) is 5. The van der Waals surface area contributed by atoms with E-state index < -0.39 is 21.8 Å². The van der Waals surface area contributed by atoms with Crippen molar-refractivity contribution in [1.82, 2.24) is 10.3 Å². The average molecular weight is 563 g/mol. The highest BCUT2D eigenvalue weighted by molar-refractivity contribution is 7.85. The smallest absolute Gasteiger partial charge is 0.280 e. The van der Waals surface area contributed by atoms with Gasteiger partial charge in [0.15, 0.2) is 5.01 Å². The van der Waals surface area contributed by atoms with Crippen molar-refractivity contribution in [3.8, 4) is 10.4 Å². The van der Waals surface area contributed by atoms with Crippen molar-refractivity contribution < 1.29 is 13.2 Å². The summed E-state index contributed by atoms with van der Waals surface area (Å²) >= 11 is 14.3. The third-order valence-corrected chi connectivity index (χ3v) is 11.0. The molecule has 1 unspecified atom stereocenters. The van der Waals surface area contributed by atoms with Crippen molar-refractivity contribution in [2.75, 3.05) is 11.5 Å². The van der Waals surface area contributed by atoms with Crippen LogP contribution in [0.2, 0.25) is 10.0 Å². The molecule has 186 valence electrons. The summed E-state index contributed by atoms with van der Waals surface area (Å²) in [5.41, 5.74) is 2.39. The van der Waals surface area contributed by atoms with E-state index in [2.05, 4.69) is 5.32 Å². The molecular weight excluding hydrogens is 533 g/mol. The van der Waals surface area contributed by atoms with E-state index in [4.69, 9.17) is 33.3 Å². The Bertz CT molecular complexity index is 1120. The van der Waals surface area contributed by atoms with E-state index in [0.29, 0.717) is 35.3 Å². The van der Waals surface area contributed by atoms with E-state index in [1.807, 2.05) is 6.92 Å². The van der Waals surface area contributed by atoms with E-state index in [1.54, 1.807) is 6.07 Å². The summed E-state index contributed by atoms with van der Waals surface area (Å²) in [5.74, 6) is 1.56. The van der Waals surface area contributed by atoms with E-state index in [1.165, 1.54) is 30.6 Å². The average Bonchev–Trinajstić information content (AvgIpc) is 3.22. The highest BCUT2D eigenvalue weighted by Crippen LogP contribution is 2.42. The van der Waals surface area contributed by atoms with E-state index in [0.717, 1.165) is 41.0 Å². The molecule has 1 saturated carbocycles. The van der Waals surface area contributed by atoms with Crippen LogP contribution in [0.1, 0.15) is 66.0 Å². The lowest BCUT2D eigenvalue weighted by atomic mass is 9.85. The van der Waals surface area contributed by atoms with Crippen LogP contribution in [0.3, 0.4) is 0 Å². The Kier molecular flexibility index (Phi) is 8.85. The van der Waals surface area contributed by atoms with Gasteiger partial charge in [0.25, 0.3) is 5.91 Å². The number of benzene rings is 1. The largest absolute Gasteiger partial charge is 0.347 e. The Morgan fingerprint density at radius 1 is 1.24 bits per heavy atom. The van der Waals surface area contributed by atoms with Crippen LogP contribution in [-0.4, -0.2) is 36.9 Å². The second-order valence-electron chi connectivity index (χ2n) is 9.07. The van der Waals surface area contributed by atoms with Crippen LogP contribution in [0.4, 0.5) is 0 Å². The Morgan fingerprint density at radius 2 is 1.91 bits per heavy atom. The fourth-order valence-electron chi connectivity index (χ4n) is 4.76. The van der Waals surface area contributed by atoms with E-state index >= 15 is 0 Å². The predicted molar refractivity (Wildman–Crippen MR) is 142 cm³/mol. The summed E-state index contributed by atoms with van der Waals surface area (Å²) in [5, 5.41) is 9.60. The Hall–Kier alpha value is -0.840. The molecule has 0 spiro atoms. The summed E-state index contributed by atoms with van der Waals surface area (Å²) in [4.78, 5) is 19.0. The number of thiazole rings is 1. The number of halogens is 2. The topological polar surface area (TPSA) is 102 Å². The van der Waals surface area contributed by atoms with Crippen LogP contribution in [0.5, 0.6) is 0 Å². The van der Waals surface area contributed by atoms with Gasteiger partial charge < -0.3 is 5.32 Å². The molecule has 1 aliphatic heterocycles. The number of nitrogens with two attached hydrogens (primary N) is 1. The van der Waals surface area contributed by atoms with Crippen molar-refractivity contribution >= 4 is 62.2 Å². The van der Waals surface area contributed by atoms with Crippen LogP contribution in [0.15, 0.2) is 11.0 Å². The maximum Gasteiger partial charge on any atom is 0.280 e. The van der Waals surface area contributed by atoms with Crippen LogP contribution in [-0.2, 0) is 28.2 Å². The summed E-state index contributed by atoms with van der Waals surface area (Å²) in [7, 11) is -2.59. The zero-order valence-electron chi connectivity index (χ0n) is 19.0. The molecule has 1 amide bonds. The van der Waals surface area contributed by atoms with Gasteiger partial charge in [0, 0.05) is 28.3 Å². The molecule has 1 aromatic heterocycles. The molecule has 34 heavy (non-hydrogen) atoms. The SMILES string of the molecule is Cc1c(-c2sc(C(=O)NC3CCS(=O)CC3)nc2CC2CCCCC2)cc(Cl)c(S(N)=O)c1Cl. The molecule has 3 N–H and O–H groups in total. The maximum atomic E-state index is 13.1. The molecule has 6 nitrogen and oxygen atoms in total. The molecule has 1 atom stereocenters. The van der Waals surface area contributed by atoms with Crippen molar-refractivity contribution in [2.45, 2.75) is 69.2 Å². The standard InChI is InChI=1S/C23H29Cl2N3O3S3/c1-13-16(12-17(24)21(19(13)25)34(26)31)20-18(11-14-5-3-2-4-6-14)28-23(32-20)22(29)27-15-7-9-33(30)10-8-15/h12,14-15H,2-11,26H2,1H3,(H,27,29). The molecule has 1 saturated heterocycles. The van der Waals surface area contributed by atoms with Gasteiger partial charge in [-0.1, -0.05) is 55.3 Å². The van der Waals surface area contributed by atoms with Gasteiger partial charge in [0.1, 0.15) is 11.0 Å². The van der Waals surface area contributed by atoms with Crippen molar-refractivity contribution in [3.05, 3.63) is 32.4 Å². The Labute approximate surface area is 219 Å². The van der Waals surface area contributed by atoms with Crippen molar-refractivity contribution in [1.29, 1.82) is 0 Å². The second kappa shape index (κ2) is 11.5. The monoisotopic (exact) mass is 561 g/mol. The van der Waals surface area contributed by atoms with Gasteiger partial charge in [-0.3, -0.25) is 9.00 Å². The zero-order chi connectivity index (χ0) is 24.4. The van der Waals surface area contributed by atoms with Gasteiger partial charge in [-0.2, -0.15) is 0 Å². The predicted octanol–water partition coefficient (Wildman–Crippen LogP) is 5.17. The molecule has 2 heterocycles. The molecule has 1 aliphatic carbocycles. The second-order valence-corrected chi connectivity index (χ2v) is 13.6. The summed E-state index contributed by atoms with van der Waals surface area (Å²) < 4.78 is 23.6. The Balaban J connectivity index is 1.69. The van der Waals surface area contributed by atoms with Crippen LogP contribution in [0.25, 0.3) is 10.4 Å². The summed E-state index contributed by atoms with van der Waals surface area (Å²) in [6, 6.07) is 1.75. The normalized spacial score (nSPS) is 22.5. The summed E-state index contributed by atoms with van der Waals surface area (Å²) in [6.45, 7) is 1.84. The van der Waals surface area contributed by atoms with E-state index in [-0.39, 0.29) is 26.9 Å². The zero-order valence-corrected chi connectivity index (χ0v) is 23.0. The maximum absolute atomic E-state index is 13.1. The molecule has 1 aromatic carbocycles. The van der Waals surface area contributed by atoms with Gasteiger partial charge in [-0.05, 0) is 49.3 Å². The number of carbonyl (C=O) groups excluding carboxylic acids is 1. The lowest BCUT2D eigenvalue weighted by Gasteiger charge is -2.22. The number of rotatable bonds is 6. The number of hydrogen-bond donors (Lipinski definition) is 2. The number of nitrogens with zero attached hydrogens (tertiary/aromatic N) is 1. The lowest BCUT2D eigenvalue weighted by Crippen LogP contribution is -2.39. The highest BCUT2D eigenvalue weighted by atomic mass is 35.5. The van der Waals surface area contributed by atoms with Crippen molar-refractivity contribution in [3.63, 3.8) is 0 Å². The molecule has 2 aliphatic rings. The minimum Gasteiger partial charge on any atom is -0.347 e. The minimum atomic E-state index is -1.81. The van der Waals surface area contributed by atoms with Gasteiger partial charge in [0.2, 0.25) is 0 Å². The molecule has 0 bridgehead atoms. The number of carbonyl (C=O) groups is 1. The first kappa shape index (κ1) is 26.2. The lowest BCUT2D eigenvalue weighted by molar-refractivity contribution is 0.0934. The van der Waals surface area contributed by atoms with Gasteiger partial charge in [0.05, 0.1) is 25.5 Å². The molecule has 11 heteroatoms. The molecular formula is C23H29Cl2N3O3S3. The molecule has 4 rings (SSSR count). The van der Waals surface area contributed by atoms with Crippen LogP contribution >= 0.6 is 34.5 Å².